The molecule has 1 saturated heterocycles. The molecule has 6 heteroatoms. The molecule has 0 saturated carbocycles. The van der Waals surface area contributed by atoms with Crippen molar-refractivity contribution >= 4 is 11.8 Å². The molecule has 2 amide bonds. The Hall–Kier alpha value is -2.08. The van der Waals surface area contributed by atoms with E-state index >= 15 is 0 Å². The highest BCUT2D eigenvalue weighted by atomic mass is 16.5. The minimum Gasteiger partial charge on any atom is -0.484 e. The molecule has 22 heavy (non-hydrogen) atoms. The molecule has 2 rings (SSSR count). The van der Waals surface area contributed by atoms with E-state index in [9.17, 15) is 9.59 Å². The summed E-state index contributed by atoms with van der Waals surface area (Å²) in [5.74, 6) is 0.227. The maximum Gasteiger partial charge on any atom is 0.260 e. The number of amides is 2. The van der Waals surface area contributed by atoms with E-state index in [2.05, 4.69) is 19.2 Å². The molecular weight excluding hydrogens is 282 g/mol. The number of nitrogens with zero attached hydrogens (tertiary/aromatic N) is 1. The maximum atomic E-state index is 12.2. The van der Waals surface area contributed by atoms with E-state index in [1.807, 2.05) is 4.90 Å². The van der Waals surface area contributed by atoms with Crippen LogP contribution in [0.5, 0.6) is 5.75 Å². The van der Waals surface area contributed by atoms with Crippen LogP contribution in [0.2, 0.25) is 0 Å². The molecule has 0 radical (unpaired) electrons. The second-order valence-corrected chi connectivity index (χ2v) is 5.84. The first-order valence-electron chi connectivity index (χ1n) is 7.48. The summed E-state index contributed by atoms with van der Waals surface area (Å²) in [6.45, 7) is 5.55. The van der Waals surface area contributed by atoms with Gasteiger partial charge < -0.3 is 20.7 Å². The van der Waals surface area contributed by atoms with Crippen molar-refractivity contribution in [1.29, 1.82) is 0 Å². The highest BCUT2D eigenvalue weighted by Gasteiger charge is 2.24. The lowest BCUT2D eigenvalue weighted by atomic mass is 10.1. The highest BCUT2D eigenvalue weighted by Crippen LogP contribution is 2.13. The van der Waals surface area contributed by atoms with Crippen LogP contribution in [0.1, 0.15) is 19.4 Å². The number of carbonyl (C=O) groups excluding carboxylic acids is 2. The summed E-state index contributed by atoms with van der Waals surface area (Å²) in [5.41, 5.74) is 5.97. The SMILES string of the molecule is C[C@@H]1CN(C(=O)COc2ccc(CC(N)=O)cc2)C[C@@H](C)N1. The number of nitrogens with two attached hydrogens (primary N) is 1. The van der Waals surface area contributed by atoms with Crippen molar-refractivity contribution in [3.8, 4) is 5.75 Å². The lowest BCUT2D eigenvalue weighted by Gasteiger charge is -2.36. The Morgan fingerprint density at radius 1 is 1.23 bits per heavy atom. The Morgan fingerprint density at radius 3 is 2.36 bits per heavy atom. The first-order valence-corrected chi connectivity index (χ1v) is 7.48. The van der Waals surface area contributed by atoms with Crippen molar-refractivity contribution in [2.24, 2.45) is 5.73 Å². The predicted octanol–water partition coefficient (Wildman–Crippen LogP) is 0.302. The van der Waals surface area contributed by atoms with Crippen LogP contribution in [0.3, 0.4) is 0 Å². The van der Waals surface area contributed by atoms with Crippen LogP contribution in [0.4, 0.5) is 0 Å². The number of hydrogen-bond donors (Lipinski definition) is 2. The molecule has 1 heterocycles. The highest BCUT2D eigenvalue weighted by molar-refractivity contribution is 5.78. The number of hydrogen-bond acceptors (Lipinski definition) is 4. The van der Waals surface area contributed by atoms with Gasteiger partial charge in [0.05, 0.1) is 6.42 Å². The Balaban J connectivity index is 1.84. The summed E-state index contributed by atoms with van der Waals surface area (Å²) < 4.78 is 5.52. The van der Waals surface area contributed by atoms with Crippen molar-refractivity contribution < 1.29 is 14.3 Å². The number of primary amides is 1. The third-order valence-corrected chi connectivity index (χ3v) is 3.57. The van der Waals surface area contributed by atoms with Gasteiger partial charge in [-0.1, -0.05) is 12.1 Å². The number of carbonyl (C=O) groups is 2. The zero-order chi connectivity index (χ0) is 16.1. The molecule has 0 spiro atoms. The zero-order valence-corrected chi connectivity index (χ0v) is 13.0. The van der Waals surface area contributed by atoms with Crippen molar-refractivity contribution in [2.45, 2.75) is 32.4 Å². The summed E-state index contributed by atoms with van der Waals surface area (Å²) in [5, 5.41) is 3.39. The van der Waals surface area contributed by atoms with Gasteiger partial charge in [-0.2, -0.15) is 0 Å². The van der Waals surface area contributed by atoms with Crippen LogP contribution < -0.4 is 15.8 Å². The van der Waals surface area contributed by atoms with E-state index in [0.717, 1.165) is 5.56 Å². The molecule has 1 aliphatic rings. The fourth-order valence-electron chi connectivity index (χ4n) is 2.67. The molecule has 1 aromatic rings. The summed E-state index contributed by atoms with van der Waals surface area (Å²) in [6, 6.07) is 7.63. The van der Waals surface area contributed by atoms with Gasteiger partial charge in [0, 0.05) is 25.2 Å². The Labute approximate surface area is 130 Å². The monoisotopic (exact) mass is 305 g/mol. The van der Waals surface area contributed by atoms with E-state index in [1.54, 1.807) is 24.3 Å². The fourth-order valence-corrected chi connectivity index (χ4v) is 2.67. The van der Waals surface area contributed by atoms with Crippen LogP contribution in [0.25, 0.3) is 0 Å². The molecule has 1 aromatic carbocycles. The molecule has 0 aliphatic carbocycles. The molecule has 120 valence electrons. The molecule has 1 aliphatic heterocycles. The average molecular weight is 305 g/mol. The fraction of sp³-hybridized carbons (Fsp3) is 0.500. The molecule has 0 unspecified atom stereocenters. The van der Waals surface area contributed by atoms with E-state index in [4.69, 9.17) is 10.5 Å². The predicted molar refractivity (Wildman–Crippen MR) is 83.5 cm³/mol. The van der Waals surface area contributed by atoms with Crippen molar-refractivity contribution in [1.82, 2.24) is 10.2 Å². The lowest BCUT2D eigenvalue weighted by Crippen LogP contribution is -2.56. The van der Waals surface area contributed by atoms with E-state index < -0.39 is 0 Å². The Kier molecular flexibility index (Phi) is 5.38. The van der Waals surface area contributed by atoms with Gasteiger partial charge >= 0.3 is 0 Å². The number of rotatable bonds is 5. The van der Waals surface area contributed by atoms with Crippen molar-refractivity contribution in [2.75, 3.05) is 19.7 Å². The quantitative estimate of drug-likeness (QED) is 0.819. The average Bonchev–Trinajstić information content (AvgIpc) is 2.44. The minimum atomic E-state index is -0.370. The van der Waals surface area contributed by atoms with Gasteiger partial charge in [-0.3, -0.25) is 9.59 Å². The largest absolute Gasteiger partial charge is 0.484 e. The molecule has 1 fully saturated rings. The standard InChI is InChI=1S/C16H23N3O3/c1-11-8-19(9-12(2)18-11)16(21)10-22-14-5-3-13(4-6-14)7-15(17)20/h3-6,11-12,18H,7-10H2,1-2H3,(H2,17,20)/t11-,12-/m1/s1. The summed E-state index contributed by atoms with van der Waals surface area (Å²) >= 11 is 0. The van der Waals surface area contributed by atoms with Crippen LogP contribution in [-0.2, 0) is 16.0 Å². The van der Waals surface area contributed by atoms with Crippen LogP contribution in [0, 0.1) is 0 Å². The topological polar surface area (TPSA) is 84.7 Å². The number of nitrogens with one attached hydrogen (secondary N) is 1. The van der Waals surface area contributed by atoms with E-state index in [-0.39, 0.29) is 24.8 Å². The van der Waals surface area contributed by atoms with Gasteiger partial charge in [-0.25, -0.2) is 0 Å². The van der Waals surface area contributed by atoms with Gasteiger partial charge in [0.15, 0.2) is 6.61 Å². The summed E-state index contributed by atoms with van der Waals surface area (Å²) in [4.78, 5) is 24.8. The normalized spacial score (nSPS) is 21.5. The van der Waals surface area contributed by atoms with Gasteiger partial charge in [0.2, 0.25) is 5.91 Å². The first-order chi connectivity index (χ1) is 10.4. The third-order valence-electron chi connectivity index (χ3n) is 3.57. The Bertz CT molecular complexity index is 520. The summed E-state index contributed by atoms with van der Waals surface area (Å²) in [7, 11) is 0. The van der Waals surface area contributed by atoms with Gasteiger partial charge in [-0.15, -0.1) is 0 Å². The Morgan fingerprint density at radius 2 is 1.82 bits per heavy atom. The van der Waals surface area contributed by atoms with E-state index in [1.165, 1.54) is 0 Å². The molecule has 0 aromatic heterocycles. The van der Waals surface area contributed by atoms with Crippen LogP contribution in [-0.4, -0.2) is 48.5 Å². The minimum absolute atomic E-state index is 0.0126. The molecule has 6 nitrogen and oxygen atoms in total. The summed E-state index contributed by atoms with van der Waals surface area (Å²) in [6.07, 6.45) is 0.204. The van der Waals surface area contributed by atoms with Crippen molar-refractivity contribution in [3.05, 3.63) is 29.8 Å². The zero-order valence-electron chi connectivity index (χ0n) is 13.0. The number of benzene rings is 1. The maximum absolute atomic E-state index is 12.2. The molecule has 0 bridgehead atoms. The van der Waals surface area contributed by atoms with Crippen LogP contribution >= 0.6 is 0 Å². The smallest absolute Gasteiger partial charge is 0.260 e. The van der Waals surface area contributed by atoms with E-state index in [0.29, 0.717) is 30.9 Å². The number of piperazine rings is 1. The van der Waals surface area contributed by atoms with Gasteiger partial charge in [0.25, 0.3) is 5.91 Å². The number of ether oxygens (including phenoxy) is 1. The van der Waals surface area contributed by atoms with Gasteiger partial charge in [-0.05, 0) is 31.5 Å². The lowest BCUT2D eigenvalue weighted by molar-refractivity contribution is -0.135. The third kappa shape index (κ3) is 4.73. The van der Waals surface area contributed by atoms with Crippen LogP contribution in [0.15, 0.2) is 24.3 Å². The molecular formula is C16H23N3O3. The second kappa shape index (κ2) is 7.26. The first kappa shape index (κ1) is 16.3. The van der Waals surface area contributed by atoms with Gasteiger partial charge in [0.1, 0.15) is 5.75 Å². The van der Waals surface area contributed by atoms with Crippen molar-refractivity contribution in [3.63, 3.8) is 0 Å². The second-order valence-electron chi connectivity index (χ2n) is 5.84. The molecule has 2 atom stereocenters. The molecule has 3 N–H and O–H groups in total.